The van der Waals surface area contributed by atoms with Crippen LogP contribution < -0.4 is 26.4 Å². The quantitative estimate of drug-likeness (QED) is 0.319. The van der Waals surface area contributed by atoms with Crippen LogP contribution in [-0.4, -0.2) is 111 Å². The van der Waals surface area contributed by atoms with Crippen molar-refractivity contribution >= 4 is 29.5 Å². The summed E-state index contributed by atoms with van der Waals surface area (Å²) in [5, 5.41) is 8.02. The number of morpholine rings is 1. The summed E-state index contributed by atoms with van der Waals surface area (Å²) in [7, 11) is 1.55. The number of nitrogens with two attached hydrogens (primary N) is 1. The summed E-state index contributed by atoms with van der Waals surface area (Å²) in [5.74, 6) is -2.50. The predicted molar refractivity (Wildman–Crippen MR) is 136 cm³/mol. The van der Waals surface area contributed by atoms with Crippen molar-refractivity contribution in [1.82, 2.24) is 25.8 Å². The van der Waals surface area contributed by atoms with Crippen LogP contribution in [0, 0.1) is 0 Å². The first kappa shape index (κ1) is 28.9. The summed E-state index contributed by atoms with van der Waals surface area (Å²) in [6.45, 7) is 3.92. The zero-order valence-corrected chi connectivity index (χ0v) is 21.6. The molecule has 0 unspecified atom stereocenters. The third-order valence-electron chi connectivity index (χ3n) is 6.35. The molecule has 13 nitrogen and oxygen atoms in total. The van der Waals surface area contributed by atoms with Crippen LogP contribution in [0.15, 0.2) is 24.3 Å². The number of primary amides is 1. The van der Waals surface area contributed by atoms with E-state index in [1.54, 1.807) is 31.3 Å². The van der Waals surface area contributed by atoms with Gasteiger partial charge in [0.25, 0.3) is 5.91 Å². The second kappa shape index (κ2) is 14.3. The van der Waals surface area contributed by atoms with Crippen LogP contribution in [0.1, 0.15) is 29.6 Å². The van der Waals surface area contributed by atoms with E-state index < -0.39 is 48.0 Å². The van der Waals surface area contributed by atoms with Gasteiger partial charge in [-0.05, 0) is 18.6 Å². The minimum absolute atomic E-state index is 0.00327. The molecule has 2 heterocycles. The average Bonchev–Trinajstić information content (AvgIpc) is 2.90. The number of fused-ring (bicyclic) bond motifs is 1. The predicted octanol–water partition coefficient (Wildman–Crippen LogP) is -1.78. The molecule has 1 saturated heterocycles. The van der Waals surface area contributed by atoms with Crippen LogP contribution in [0.5, 0.6) is 5.75 Å². The fraction of sp³-hybridized carbons (Fsp3) is 0.560. The van der Waals surface area contributed by atoms with Gasteiger partial charge in [-0.25, -0.2) is 0 Å². The molecule has 0 aromatic heterocycles. The number of amides is 5. The normalized spacial score (nSPS) is 21.8. The Morgan fingerprint density at radius 2 is 1.82 bits per heavy atom. The Balaban J connectivity index is 1.78. The molecule has 13 heteroatoms. The van der Waals surface area contributed by atoms with Crippen molar-refractivity contribution < 1.29 is 33.4 Å². The van der Waals surface area contributed by atoms with E-state index in [2.05, 4.69) is 20.9 Å². The summed E-state index contributed by atoms with van der Waals surface area (Å²) in [4.78, 5) is 67.1. The zero-order chi connectivity index (χ0) is 27.5. The Hall–Kier alpha value is -3.71. The lowest BCUT2D eigenvalue weighted by Gasteiger charge is -2.27. The number of nitrogens with zero attached hydrogens (tertiary/aromatic N) is 2. The Labute approximate surface area is 221 Å². The van der Waals surface area contributed by atoms with Gasteiger partial charge in [-0.1, -0.05) is 12.1 Å². The van der Waals surface area contributed by atoms with Gasteiger partial charge in [0.05, 0.1) is 31.7 Å². The molecule has 2 aliphatic rings. The van der Waals surface area contributed by atoms with Crippen molar-refractivity contribution in [3.63, 3.8) is 0 Å². The highest BCUT2D eigenvalue weighted by atomic mass is 16.5. The highest BCUT2D eigenvalue weighted by Crippen LogP contribution is 2.18. The van der Waals surface area contributed by atoms with E-state index in [0.29, 0.717) is 26.3 Å². The van der Waals surface area contributed by atoms with Gasteiger partial charge in [0, 0.05) is 39.6 Å². The Morgan fingerprint density at radius 1 is 1.08 bits per heavy atom. The number of rotatable bonds is 7. The minimum atomic E-state index is -1.21. The van der Waals surface area contributed by atoms with E-state index in [-0.39, 0.29) is 37.3 Å². The van der Waals surface area contributed by atoms with Gasteiger partial charge in [0.2, 0.25) is 23.6 Å². The molecular formula is C25H36N6O7. The monoisotopic (exact) mass is 532 g/mol. The molecule has 5 amide bonds. The van der Waals surface area contributed by atoms with Crippen molar-refractivity contribution in [2.24, 2.45) is 5.73 Å². The number of para-hydroxylation sites is 1. The Kier molecular flexibility index (Phi) is 10.8. The molecule has 1 fully saturated rings. The molecule has 2 aliphatic heterocycles. The van der Waals surface area contributed by atoms with Crippen LogP contribution >= 0.6 is 0 Å². The molecule has 0 radical (unpaired) electrons. The van der Waals surface area contributed by atoms with Crippen molar-refractivity contribution in [1.29, 1.82) is 0 Å². The summed E-state index contributed by atoms with van der Waals surface area (Å²) < 4.78 is 11.1. The van der Waals surface area contributed by atoms with Gasteiger partial charge in [-0.3, -0.25) is 28.9 Å². The minimum Gasteiger partial charge on any atom is -0.491 e. The van der Waals surface area contributed by atoms with E-state index in [9.17, 15) is 24.0 Å². The van der Waals surface area contributed by atoms with Crippen LogP contribution in [0.25, 0.3) is 0 Å². The van der Waals surface area contributed by atoms with Crippen molar-refractivity contribution in [2.75, 3.05) is 59.6 Å². The van der Waals surface area contributed by atoms with Crippen LogP contribution in [0.2, 0.25) is 0 Å². The van der Waals surface area contributed by atoms with Crippen molar-refractivity contribution in [3.8, 4) is 5.75 Å². The van der Waals surface area contributed by atoms with Gasteiger partial charge in [0.15, 0.2) is 0 Å². The number of nitrogens with one attached hydrogen (secondary N) is 3. The molecule has 1 aromatic carbocycles. The third kappa shape index (κ3) is 8.70. The summed E-state index contributed by atoms with van der Waals surface area (Å²) >= 11 is 0. The first-order chi connectivity index (χ1) is 18.2. The number of carbonyl (C=O) groups excluding carboxylic acids is 5. The van der Waals surface area contributed by atoms with Gasteiger partial charge in [-0.15, -0.1) is 0 Å². The fourth-order valence-corrected chi connectivity index (χ4v) is 4.16. The van der Waals surface area contributed by atoms with E-state index >= 15 is 0 Å². The van der Waals surface area contributed by atoms with E-state index in [1.807, 2.05) is 0 Å². The highest BCUT2D eigenvalue weighted by Gasteiger charge is 2.30. The van der Waals surface area contributed by atoms with E-state index in [4.69, 9.17) is 15.2 Å². The molecule has 3 rings (SSSR count). The second-order valence-corrected chi connectivity index (χ2v) is 9.20. The SMILES string of the molecule is CN1CCOc2ccccc2C(=O)N[C@H](C(=O)NCCN2CCOCC2)CC(=O)N[C@@H](CCC(N)=O)C1=O. The molecule has 208 valence electrons. The average molecular weight is 533 g/mol. The Bertz CT molecular complexity index is 1010. The molecule has 0 saturated carbocycles. The number of ether oxygens (including phenoxy) is 2. The van der Waals surface area contributed by atoms with Gasteiger partial charge < -0.3 is 36.1 Å². The van der Waals surface area contributed by atoms with E-state index in [1.165, 1.54) is 4.90 Å². The smallest absolute Gasteiger partial charge is 0.255 e. The standard InChI is InChI=1S/C25H36N6O7/c1-30-10-15-38-20-5-3-2-4-17(20)23(34)29-19(24(35)27-8-9-31-11-13-37-14-12-31)16-22(33)28-18(25(30)36)6-7-21(26)32/h2-5,18-19H,6-16H2,1H3,(H2,26,32)(H,27,35)(H,28,33)(H,29,34)/t18-,19-/m0/s1. The summed E-state index contributed by atoms with van der Waals surface area (Å²) in [5.41, 5.74) is 5.45. The topological polar surface area (TPSA) is 172 Å². The molecule has 0 aliphatic carbocycles. The molecular weight excluding hydrogens is 496 g/mol. The molecule has 5 N–H and O–H groups in total. The summed E-state index contributed by atoms with van der Waals surface area (Å²) in [6, 6.07) is 4.28. The first-order valence-electron chi connectivity index (χ1n) is 12.7. The fourth-order valence-electron chi connectivity index (χ4n) is 4.16. The lowest BCUT2D eigenvalue weighted by atomic mass is 10.1. The highest BCUT2D eigenvalue weighted by molar-refractivity contribution is 6.01. The maximum absolute atomic E-state index is 13.1. The van der Waals surface area contributed by atoms with E-state index in [0.717, 1.165) is 13.1 Å². The van der Waals surface area contributed by atoms with Crippen LogP contribution in [-0.2, 0) is 23.9 Å². The van der Waals surface area contributed by atoms with Gasteiger partial charge in [0.1, 0.15) is 24.4 Å². The molecule has 38 heavy (non-hydrogen) atoms. The lowest BCUT2D eigenvalue weighted by molar-refractivity contribution is -0.136. The maximum atomic E-state index is 13.1. The summed E-state index contributed by atoms with van der Waals surface area (Å²) in [6.07, 6.45) is -0.532. The molecule has 1 aromatic rings. The number of carbonyl (C=O) groups is 5. The largest absolute Gasteiger partial charge is 0.491 e. The third-order valence-corrected chi connectivity index (χ3v) is 6.35. The molecule has 2 atom stereocenters. The van der Waals surface area contributed by atoms with Crippen molar-refractivity contribution in [2.45, 2.75) is 31.3 Å². The van der Waals surface area contributed by atoms with Crippen molar-refractivity contribution in [3.05, 3.63) is 29.8 Å². The number of benzene rings is 1. The second-order valence-electron chi connectivity index (χ2n) is 9.20. The van der Waals surface area contributed by atoms with Crippen LogP contribution in [0.4, 0.5) is 0 Å². The number of hydrogen-bond acceptors (Lipinski definition) is 8. The Morgan fingerprint density at radius 3 is 2.55 bits per heavy atom. The molecule has 0 bridgehead atoms. The zero-order valence-electron chi connectivity index (χ0n) is 21.6. The maximum Gasteiger partial charge on any atom is 0.255 e. The first-order valence-corrected chi connectivity index (χ1v) is 12.7. The van der Waals surface area contributed by atoms with Crippen LogP contribution in [0.3, 0.4) is 0 Å². The number of hydrogen-bond donors (Lipinski definition) is 4. The van der Waals surface area contributed by atoms with Gasteiger partial charge in [-0.2, -0.15) is 0 Å². The lowest BCUT2D eigenvalue weighted by Crippen LogP contribution is -2.53. The van der Waals surface area contributed by atoms with Gasteiger partial charge >= 0.3 is 0 Å². The number of likely N-dealkylation sites (N-methyl/N-ethyl adjacent to an activating group) is 1. The molecule has 0 spiro atoms.